The third-order valence-corrected chi connectivity index (χ3v) is 10.4. The zero-order chi connectivity index (χ0) is 35.8. The normalized spacial score (nSPS) is 11.3. The molecule has 3 heteroatoms. The minimum Gasteiger partial charge on any atom is -0.311 e. The van der Waals surface area contributed by atoms with Gasteiger partial charge in [0.25, 0.3) is 0 Å². The van der Waals surface area contributed by atoms with Gasteiger partial charge in [-0.15, -0.1) is 0 Å². The number of nitrogens with zero attached hydrogens (tertiary/aromatic N) is 3. The van der Waals surface area contributed by atoms with Gasteiger partial charge in [-0.25, -0.2) is 0 Å². The Hall–Kier alpha value is -7.23. The van der Waals surface area contributed by atoms with Crippen LogP contribution in [0.2, 0.25) is 0 Å². The number of hydrogen-bond donors (Lipinski definition) is 0. The maximum atomic E-state index is 5.09. The van der Waals surface area contributed by atoms with Crippen molar-refractivity contribution in [3.05, 3.63) is 212 Å². The van der Waals surface area contributed by atoms with Gasteiger partial charge in [0, 0.05) is 34.0 Å². The molecule has 0 atom stereocenters. The molecule has 0 aliphatic rings. The van der Waals surface area contributed by atoms with Crippen LogP contribution >= 0.6 is 0 Å². The monoisotopic (exact) mass is 689 g/mol. The average molecular weight is 690 g/mol. The highest BCUT2D eigenvalue weighted by Gasteiger charge is 2.18. The number of pyridine rings is 1. The van der Waals surface area contributed by atoms with Gasteiger partial charge in [0.2, 0.25) is 0 Å². The van der Waals surface area contributed by atoms with Gasteiger partial charge in [0.05, 0.1) is 17.6 Å². The molecule has 3 nitrogen and oxygen atoms in total. The lowest BCUT2D eigenvalue weighted by Crippen LogP contribution is -2.10. The van der Waals surface area contributed by atoms with Gasteiger partial charge in [0.15, 0.2) is 0 Å². The molecular weight excluding hydrogens is 655 g/mol. The van der Waals surface area contributed by atoms with Gasteiger partial charge >= 0.3 is 0 Å². The predicted octanol–water partition coefficient (Wildman–Crippen LogP) is 14.3. The van der Waals surface area contributed by atoms with E-state index in [9.17, 15) is 0 Å². The molecule has 0 aliphatic heterocycles. The first-order valence-electron chi connectivity index (χ1n) is 18.4. The van der Waals surface area contributed by atoms with E-state index >= 15 is 0 Å². The largest absolute Gasteiger partial charge is 0.311 e. The zero-order valence-electron chi connectivity index (χ0n) is 29.5. The van der Waals surface area contributed by atoms with Crippen molar-refractivity contribution in [1.29, 1.82) is 0 Å². The minimum atomic E-state index is 0.954. The number of hydrogen-bond acceptors (Lipinski definition) is 3. The van der Waals surface area contributed by atoms with Gasteiger partial charge in [-0.2, -0.15) is 0 Å². The molecule has 9 aromatic carbocycles. The van der Waals surface area contributed by atoms with Crippen molar-refractivity contribution in [3.8, 4) is 22.4 Å². The summed E-state index contributed by atoms with van der Waals surface area (Å²) in [6, 6.07) is 73.5. The SMILES string of the molecule is c1ccc(N(c2ccccc2)c2ccc(-c3cc4ccc(-c5ccc(N(c6ccccc6)c6ccccc6)cn5)c5ccc6cccc3c6c45)cc2)cc1. The van der Waals surface area contributed by atoms with Crippen LogP contribution in [0.15, 0.2) is 212 Å². The first kappa shape index (κ1) is 31.5. The lowest BCUT2D eigenvalue weighted by molar-refractivity contribution is 1.23. The molecule has 0 saturated heterocycles. The summed E-state index contributed by atoms with van der Waals surface area (Å²) in [5, 5.41) is 7.50. The van der Waals surface area contributed by atoms with Crippen molar-refractivity contribution < 1.29 is 0 Å². The minimum absolute atomic E-state index is 0.954. The molecule has 1 heterocycles. The number of benzene rings is 9. The van der Waals surface area contributed by atoms with Crippen LogP contribution in [0.4, 0.5) is 34.1 Å². The first-order chi connectivity index (χ1) is 26.8. The Morgan fingerprint density at radius 3 is 1.35 bits per heavy atom. The van der Waals surface area contributed by atoms with Gasteiger partial charge in [0.1, 0.15) is 0 Å². The first-order valence-corrected chi connectivity index (χ1v) is 18.4. The van der Waals surface area contributed by atoms with Crippen molar-refractivity contribution in [3.63, 3.8) is 0 Å². The average Bonchev–Trinajstić information content (AvgIpc) is 3.25. The van der Waals surface area contributed by atoms with Crippen molar-refractivity contribution >= 4 is 66.4 Å². The van der Waals surface area contributed by atoms with E-state index in [0.29, 0.717) is 0 Å². The summed E-state index contributed by atoms with van der Waals surface area (Å²) in [5.74, 6) is 0. The fourth-order valence-electron chi connectivity index (χ4n) is 7.96. The van der Waals surface area contributed by atoms with Gasteiger partial charge < -0.3 is 9.80 Å². The van der Waals surface area contributed by atoms with E-state index in [0.717, 1.165) is 45.4 Å². The van der Waals surface area contributed by atoms with Crippen LogP contribution in [0.5, 0.6) is 0 Å². The van der Waals surface area contributed by atoms with Crippen molar-refractivity contribution in [2.45, 2.75) is 0 Å². The molecule has 0 N–H and O–H groups in total. The fourth-order valence-corrected chi connectivity index (χ4v) is 7.96. The molecular formula is C51H35N3. The Balaban J connectivity index is 1.05. The van der Waals surface area contributed by atoms with Crippen LogP contribution in [-0.4, -0.2) is 4.98 Å². The molecule has 0 spiro atoms. The molecule has 54 heavy (non-hydrogen) atoms. The fraction of sp³-hybridized carbons (Fsp3) is 0. The Morgan fingerprint density at radius 1 is 0.315 bits per heavy atom. The summed E-state index contributed by atoms with van der Waals surface area (Å²) in [6.07, 6.45) is 1.99. The molecule has 0 saturated carbocycles. The van der Waals surface area contributed by atoms with E-state index in [2.05, 4.69) is 204 Å². The third-order valence-electron chi connectivity index (χ3n) is 10.4. The van der Waals surface area contributed by atoms with Gasteiger partial charge in [-0.3, -0.25) is 4.98 Å². The molecule has 0 bridgehead atoms. The van der Waals surface area contributed by atoms with E-state index in [4.69, 9.17) is 4.98 Å². The third kappa shape index (κ3) is 5.51. The van der Waals surface area contributed by atoms with Crippen LogP contribution in [-0.2, 0) is 0 Å². The number of para-hydroxylation sites is 4. The van der Waals surface area contributed by atoms with Crippen LogP contribution in [0.1, 0.15) is 0 Å². The molecule has 0 amide bonds. The molecule has 0 aliphatic carbocycles. The maximum Gasteiger partial charge on any atom is 0.0709 e. The smallest absolute Gasteiger partial charge is 0.0709 e. The van der Waals surface area contributed by atoms with Crippen LogP contribution in [0.25, 0.3) is 54.7 Å². The lowest BCUT2D eigenvalue weighted by atomic mass is 9.87. The quantitative estimate of drug-likeness (QED) is 0.148. The highest BCUT2D eigenvalue weighted by atomic mass is 15.1. The summed E-state index contributed by atoms with van der Waals surface area (Å²) in [4.78, 5) is 9.64. The Kier molecular flexibility index (Phi) is 7.81. The van der Waals surface area contributed by atoms with Gasteiger partial charge in [-0.1, -0.05) is 127 Å². The number of anilines is 6. The second kappa shape index (κ2) is 13.4. The molecule has 1 aromatic heterocycles. The molecule has 254 valence electrons. The standard InChI is InChI=1S/C51H35N3/c1-5-15-39(16-6-1)53(40-17-7-2-8-18-40)43-28-24-36(25-29-43)48-34-38-27-31-45(47-32-26-37-14-13-23-46(48)50(37)51(38)47)49-33-30-44(35-52-49)54(41-19-9-3-10-20-41)42-21-11-4-12-22-42/h1-35H. The van der Waals surface area contributed by atoms with Crippen LogP contribution in [0, 0.1) is 0 Å². The lowest BCUT2D eigenvalue weighted by Gasteiger charge is -2.25. The highest BCUT2D eigenvalue weighted by molar-refractivity contribution is 6.28. The Bertz CT molecular complexity index is 2750. The van der Waals surface area contributed by atoms with Crippen molar-refractivity contribution in [2.75, 3.05) is 9.80 Å². The highest BCUT2D eigenvalue weighted by Crippen LogP contribution is 2.44. The summed E-state index contributed by atoms with van der Waals surface area (Å²) in [6.45, 7) is 0. The molecule has 0 fully saturated rings. The summed E-state index contributed by atoms with van der Waals surface area (Å²) >= 11 is 0. The second-order valence-electron chi connectivity index (χ2n) is 13.6. The maximum absolute atomic E-state index is 5.09. The van der Waals surface area contributed by atoms with Gasteiger partial charge in [-0.05, 0) is 122 Å². The summed E-state index contributed by atoms with van der Waals surface area (Å²) in [5.41, 5.74) is 11.1. The van der Waals surface area contributed by atoms with Crippen molar-refractivity contribution in [2.24, 2.45) is 0 Å². The van der Waals surface area contributed by atoms with E-state index in [-0.39, 0.29) is 0 Å². The molecule has 0 unspecified atom stereocenters. The predicted molar refractivity (Wildman–Crippen MR) is 228 cm³/mol. The second-order valence-corrected chi connectivity index (χ2v) is 13.6. The zero-order valence-corrected chi connectivity index (χ0v) is 29.5. The van der Waals surface area contributed by atoms with E-state index in [1.807, 2.05) is 18.3 Å². The van der Waals surface area contributed by atoms with E-state index < -0.39 is 0 Å². The molecule has 10 aromatic rings. The van der Waals surface area contributed by atoms with E-state index in [1.165, 1.54) is 43.4 Å². The molecule has 0 radical (unpaired) electrons. The molecule has 10 rings (SSSR count). The Morgan fingerprint density at radius 2 is 0.796 bits per heavy atom. The number of rotatable bonds is 8. The summed E-state index contributed by atoms with van der Waals surface area (Å²) in [7, 11) is 0. The van der Waals surface area contributed by atoms with E-state index in [1.54, 1.807) is 0 Å². The summed E-state index contributed by atoms with van der Waals surface area (Å²) < 4.78 is 0. The van der Waals surface area contributed by atoms with Crippen LogP contribution in [0.3, 0.4) is 0 Å². The Labute approximate surface area is 315 Å². The topological polar surface area (TPSA) is 19.4 Å². The van der Waals surface area contributed by atoms with Crippen LogP contribution < -0.4 is 9.80 Å². The van der Waals surface area contributed by atoms with Crippen molar-refractivity contribution in [1.82, 2.24) is 4.98 Å². The number of aromatic nitrogens is 1.